The number of ether oxygens (including phenoxy) is 2. The number of esters is 1. The van der Waals surface area contributed by atoms with Gasteiger partial charge in [-0.05, 0) is 69.9 Å². The Labute approximate surface area is 193 Å². The van der Waals surface area contributed by atoms with Crippen molar-refractivity contribution in [3.8, 4) is 5.75 Å². The van der Waals surface area contributed by atoms with Crippen LogP contribution >= 0.6 is 0 Å². The van der Waals surface area contributed by atoms with Crippen molar-refractivity contribution in [1.82, 2.24) is 15.8 Å². The Balaban J connectivity index is 2.04. The van der Waals surface area contributed by atoms with Gasteiger partial charge in [-0.1, -0.05) is 18.2 Å². The van der Waals surface area contributed by atoms with Crippen LogP contribution in [-0.4, -0.2) is 39.8 Å². The Morgan fingerprint density at radius 2 is 1.79 bits per heavy atom. The number of alkyl carbamates (subject to hydrolysis) is 1. The molecule has 1 aromatic carbocycles. The fourth-order valence-corrected chi connectivity index (χ4v) is 2.89. The van der Waals surface area contributed by atoms with Gasteiger partial charge in [-0.15, -0.1) is 0 Å². The lowest BCUT2D eigenvalue weighted by Crippen LogP contribution is -2.46. The Kier molecular flexibility index (Phi) is 9.35. The third kappa shape index (κ3) is 9.69. The minimum absolute atomic E-state index is 0.142. The first kappa shape index (κ1) is 25.8. The zero-order valence-corrected chi connectivity index (χ0v) is 19.4. The van der Waals surface area contributed by atoms with Crippen LogP contribution in [0, 0.1) is 6.92 Å². The van der Waals surface area contributed by atoms with Gasteiger partial charge in [0.05, 0.1) is 0 Å². The van der Waals surface area contributed by atoms with E-state index in [9.17, 15) is 14.4 Å². The number of hydrogen-bond acceptors (Lipinski definition) is 7. The molecular formula is C24H31N3O6. The van der Waals surface area contributed by atoms with Crippen LogP contribution in [-0.2, 0) is 27.2 Å². The van der Waals surface area contributed by atoms with Crippen molar-refractivity contribution in [2.24, 2.45) is 0 Å². The lowest BCUT2D eigenvalue weighted by Gasteiger charge is -2.23. The van der Waals surface area contributed by atoms with E-state index < -0.39 is 29.6 Å². The Bertz CT molecular complexity index is 936. The van der Waals surface area contributed by atoms with Crippen molar-refractivity contribution in [2.75, 3.05) is 0 Å². The molecule has 0 spiro atoms. The van der Waals surface area contributed by atoms with E-state index in [2.05, 4.69) is 10.3 Å². The number of carbonyl (C=O) groups excluding carboxylic acids is 3. The second-order valence-electron chi connectivity index (χ2n) is 8.68. The number of hydroxylamine groups is 1. The summed E-state index contributed by atoms with van der Waals surface area (Å²) in [6.45, 7) is 7.12. The van der Waals surface area contributed by atoms with Gasteiger partial charge in [0.2, 0.25) is 5.91 Å². The number of nitrogens with zero attached hydrogens (tertiary/aromatic N) is 1. The van der Waals surface area contributed by atoms with Crippen LogP contribution in [0.4, 0.5) is 4.79 Å². The lowest BCUT2D eigenvalue weighted by molar-refractivity contribution is -0.136. The van der Waals surface area contributed by atoms with E-state index in [1.807, 2.05) is 13.0 Å². The largest absolute Gasteiger partial charge is 0.444 e. The molecule has 33 heavy (non-hydrogen) atoms. The summed E-state index contributed by atoms with van der Waals surface area (Å²) in [5.41, 5.74) is 3.44. The summed E-state index contributed by atoms with van der Waals surface area (Å²) in [4.78, 5) is 40.5. The second-order valence-corrected chi connectivity index (χ2v) is 8.68. The van der Waals surface area contributed by atoms with E-state index in [-0.39, 0.29) is 12.8 Å². The molecule has 0 aliphatic rings. The average molecular weight is 458 g/mol. The maximum atomic E-state index is 12.9. The zero-order valence-electron chi connectivity index (χ0n) is 19.4. The molecule has 0 unspecified atom stereocenters. The van der Waals surface area contributed by atoms with Crippen LogP contribution in [0.15, 0.2) is 42.6 Å². The third-order valence-electron chi connectivity index (χ3n) is 4.50. The molecule has 0 bridgehead atoms. The zero-order chi connectivity index (χ0) is 24.4. The third-order valence-corrected chi connectivity index (χ3v) is 4.50. The van der Waals surface area contributed by atoms with Gasteiger partial charge in [-0.3, -0.25) is 15.0 Å². The molecule has 9 nitrogen and oxygen atoms in total. The Morgan fingerprint density at radius 3 is 2.36 bits per heavy atom. The Morgan fingerprint density at radius 1 is 1.09 bits per heavy atom. The summed E-state index contributed by atoms with van der Waals surface area (Å²) in [6, 6.07) is 9.54. The molecule has 0 radical (unpaired) electrons. The van der Waals surface area contributed by atoms with E-state index in [4.69, 9.17) is 14.7 Å². The van der Waals surface area contributed by atoms with Gasteiger partial charge in [-0.2, -0.15) is 0 Å². The smallest absolute Gasteiger partial charge is 0.408 e. The van der Waals surface area contributed by atoms with Crippen molar-refractivity contribution in [2.45, 2.75) is 65.0 Å². The molecule has 1 heterocycles. The van der Waals surface area contributed by atoms with Crippen LogP contribution in [0.1, 0.15) is 50.4 Å². The highest BCUT2D eigenvalue weighted by molar-refractivity contribution is 5.83. The fourth-order valence-electron chi connectivity index (χ4n) is 2.89. The van der Waals surface area contributed by atoms with Crippen LogP contribution in [0.3, 0.4) is 0 Å². The number of pyridine rings is 1. The molecule has 1 atom stereocenters. The summed E-state index contributed by atoms with van der Waals surface area (Å²) in [7, 11) is 0. The van der Waals surface area contributed by atoms with E-state index >= 15 is 0 Å². The number of carbonyl (C=O) groups is 3. The number of hydrogen-bond donors (Lipinski definition) is 3. The van der Waals surface area contributed by atoms with Crippen LogP contribution in [0.5, 0.6) is 5.75 Å². The average Bonchev–Trinajstić information content (AvgIpc) is 2.74. The number of nitrogens with one attached hydrogen (secondary N) is 2. The van der Waals surface area contributed by atoms with E-state index in [1.54, 1.807) is 62.8 Å². The molecule has 2 rings (SSSR count). The molecule has 9 heteroatoms. The molecule has 178 valence electrons. The molecule has 0 saturated carbocycles. The SMILES string of the molecule is Cc1ccc(C[C@@H](NC(=O)OC(C)(C)C)C(=O)Oc2ccc(CCCC(=O)NO)cc2)nc1. The first-order valence-electron chi connectivity index (χ1n) is 10.7. The van der Waals surface area contributed by atoms with Crippen LogP contribution in [0.25, 0.3) is 0 Å². The monoisotopic (exact) mass is 457 g/mol. The normalized spacial score (nSPS) is 11.9. The topological polar surface area (TPSA) is 127 Å². The second kappa shape index (κ2) is 12.0. The van der Waals surface area contributed by atoms with Gasteiger partial charge in [0.1, 0.15) is 17.4 Å². The maximum absolute atomic E-state index is 12.9. The summed E-state index contributed by atoms with van der Waals surface area (Å²) in [5, 5.41) is 11.1. The van der Waals surface area contributed by atoms with E-state index in [0.29, 0.717) is 24.3 Å². The number of aryl methyl sites for hydroxylation is 2. The molecule has 0 fully saturated rings. The first-order chi connectivity index (χ1) is 15.6. The number of benzene rings is 1. The fraction of sp³-hybridized carbons (Fsp3) is 0.417. The summed E-state index contributed by atoms with van der Waals surface area (Å²) in [5.74, 6) is -0.757. The van der Waals surface area contributed by atoms with Crippen molar-refractivity contribution in [3.05, 3.63) is 59.4 Å². The Hall–Kier alpha value is -3.46. The molecule has 2 amide bonds. The molecule has 2 aromatic rings. The summed E-state index contributed by atoms with van der Waals surface area (Å²) < 4.78 is 10.8. The molecule has 0 saturated heterocycles. The van der Waals surface area contributed by atoms with Crippen molar-refractivity contribution < 1.29 is 29.1 Å². The quantitative estimate of drug-likeness (QED) is 0.228. The predicted octanol–water partition coefficient (Wildman–Crippen LogP) is 3.26. The van der Waals surface area contributed by atoms with Crippen LogP contribution in [0.2, 0.25) is 0 Å². The summed E-state index contributed by atoms with van der Waals surface area (Å²) >= 11 is 0. The van der Waals surface area contributed by atoms with E-state index in [0.717, 1.165) is 11.1 Å². The molecule has 0 aliphatic heterocycles. The van der Waals surface area contributed by atoms with Gasteiger partial charge in [0.15, 0.2) is 0 Å². The maximum Gasteiger partial charge on any atom is 0.408 e. The lowest BCUT2D eigenvalue weighted by atomic mass is 10.1. The highest BCUT2D eigenvalue weighted by Gasteiger charge is 2.27. The minimum Gasteiger partial charge on any atom is -0.444 e. The van der Waals surface area contributed by atoms with Gasteiger partial charge in [0, 0.05) is 24.7 Å². The van der Waals surface area contributed by atoms with Crippen molar-refractivity contribution in [3.63, 3.8) is 0 Å². The van der Waals surface area contributed by atoms with Gasteiger partial charge in [0.25, 0.3) is 0 Å². The molecule has 1 aromatic heterocycles. The summed E-state index contributed by atoms with van der Waals surface area (Å²) in [6.07, 6.45) is 2.51. The minimum atomic E-state index is -0.994. The molecule has 3 N–H and O–H groups in total. The first-order valence-corrected chi connectivity index (χ1v) is 10.7. The van der Waals surface area contributed by atoms with Crippen molar-refractivity contribution >= 4 is 18.0 Å². The standard InChI is InChI=1S/C24H31N3O6/c1-16-8-11-18(25-15-16)14-20(26-23(30)33-24(2,3)4)22(29)32-19-12-9-17(10-13-19)6-5-7-21(28)27-31/h8-13,15,20,31H,5-7,14H2,1-4H3,(H,26,30)(H,27,28)/t20-/m1/s1. The van der Waals surface area contributed by atoms with Gasteiger partial charge in [-0.25, -0.2) is 15.1 Å². The number of aromatic nitrogens is 1. The number of amides is 2. The van der Waals surface area contributed by atoms with Gasteiger partial charge >= 0.3 is 12.1 Å². The highest BCUT2D eigenvalue weighted by Crippen LogP contribution is 2.16. The van der Waals surface area contributed by atoms with E-state index in [1.165, 1.54) is 0 Å². The van der Waals surface area contributed by atoms with Crippen LogP contribution < -0.4 is 15.5 Å². The highest BCUT2D eigenvalue weighted by atomic mass is 16.6. The van der Waals surface area contributed by atoms with Gasteiger partial charge < -0.3 is 14.8 Å². The molecular weight excluding hydrogens is 426 g/mol. The predicted molar refractivity (Wildman–Crippen MR) is 121 cm³/mol. The number of rotatable bonds is 9. The molecule has 0 aliphatic carbocycles. The van der Waals surface area contributed by atoms with Crippen molar-refractivity contribution in [1.29, 1.82) is 0 Å².